The van der Waals surface area contributed by atoms with Crippen LogP contribution in [-0.2, 0) is 8.41 Å². The summed E-state index contributed by atoms with van der Waals surface area (Å²) in [7, 11) is -2.50. The topological polar surface area (TPSA) is 27.7 Å². The summed E-state index contributed by atoms with van der Waals surface area (Å²) in [5.41, 5.74) is 1.32. The van der Waals surface area contributed by atoms with E-state index in [4.69, 9.17) is 8.41 Å². The van der Waals surface area contributed by atoms with Gasteiger partial charge in [0.1, 0.15) is 0 Å². The Hall–Kier alpha value is 1.13. The first-order chi connectivity index (χ1) is 8.32. The van der Waals surface area contributed by atoms with E-state index in [1.807, 2.05) is 0 Å². The predicted octanol–water partition coefficient (Wildman–Crippen LogP) is 4.01. The molecule has 0 aromatic carbocycles. The van der Waals surface area contributed by atoms with Crippen molar-refractivity contribution in [2.24, 2.45) is 0 Å². The van der Waals surface area contributed by atoms with Gasteiger partial charge in [0, 0.05) is 0 Å². The Morgan fingerprint density at radius 2 is 1.06 bits per heavy atom. The van der Waals surface area contributed by atoms with Crippen molar-refractivity contribution >= 4 is 28.8 Å². The van der Waals surface area contributed by atoms with Crippen molar-refractivity contribution in [3.63, 3.8) is 0 Å². The summed E-state index contributed by atoms with van der Waals surface area (Å²) in [6, 6.07) is 0. The van der Waals surface area contributed by atoms with Crippen molar-refractivity contribution in [1.29, 1.82) is 0 Å². The third-order valence-corrected chi connectivity index (χ3v) is 21.9. The van der Waals surface area contributed by atoms with Gasteiger partial charge >= 0.3 is 113 Å². The number of hydrogen-bond acceptors (Lipinski definition) is 3. The van der Waals surface area contributed by atoms with E-state index in [9.17, 15) is 0 Å². The van der Waals surface area contributed by atoms with Crippen molar-refractivity contribution in [3.8, 4) is 0 Å². The fourth-order valence-corrected chi connectivity index (χ4v) is 22.9. The van der Waals surface area contributed by atoms with Gasteiger partial charge < -0.3 is 0 Å². The molecule has 5 heteroatoms. The SMILES string of the molecule is C1CCC(P23(C4CCCCC4)[O][Sb]([O]2)[O]3)CC1. The summed E-state index contributed by atoms with van der Waals surface area (Å²) < 4.78 is 19.1. The monoisotopic (exact) mass is 366 g/mol. The second-order valence-corrected chi connectivity index (χ2v) is 15.5. The van der Waals surface area contributed by atoms with Gasteiger partial charge in [-0.2, -0.15) is 0 Å². The fraction of sp³-hybridized carbons (Fsp3) is 1.00. The van der Waals surface area contributed by atoms with Crippen LogP contribution in [0.3, 0.4) is 0 Å². The van der Waals surface area contributed by atoms with Gasteiger partial charge in [0.25, 0.3) is 0 Å². The molecule has 0 radical (unpaired) electrons. The quantitative estimate of drug-likeness (QED) is 0.545. The predicted molar refractivity (Wildman–Crippen MR) is 69.7 cm³/mol. The van der Waals surface area contributed by atoms with Crippen molar-refractivity contribution in [3.05, 3.63) is 0 Å². The molecular weight excluding hydrogens is 345 g/mol. The molecule has 0 atom stereocenters. The van der Waals surface area contributed by atoms with Crippen molar-refractivity contribution in [2.45, 2.75) is 75.5 Å². The first-order valence-electron chi connectivity index (χ1n) is 7.24. The molecule has 5 aliphatic rings. The van der Waals surface area contributed by atoms with Crippen LogP contribution in [0.4, 0.5) is 0 Å². The van der Waals surface area contributed by atoms with Gasteiger partial charge in [-0.25, -0.2) is 0 Å². The summed E-state index contributed by atoms with van der Waals surface area (Å²) in [6.07, 6.45) is 13.5. The molecular formula is C12H22O3PSb. The van der Waals surface area contributed by atoms with Crippen LogP contribution in [0, 0.1) is 0 Å². The van der Waals surface area contributed by atoms with E-state index in [1.54, 1.807) is 0 Å². The normalized spacial score (nSPS) is 39.6. The zero-order chi connectivity index (χ0) is 11.4. The Bertz CT molecular complexity index is 284. The van der Waals surface area contributed by atoms with Crippen LogP contribution in [0.15, 0.2) is 0 Å². The van der Waals surface area contributed by atoms with Crippen LogP contribution >= 0.6 is 7.28 Å². The maximum absolute atomic E-state index is 6.35. The third-order valence-electron chi connectivity index (χ3n) is 5.15. The minimum absolute atomic E-state index is 0.660. The molecule has 2 saturated carbocycles. The molecule has 3 nitrogen and oxygen atoms in total. The molecule has 3 heterocycles. The van der Waals surface area contributed by atoms with Gasteiger partial charge in [-0.05, 0) is 0 Å². The van der Waals surface area contributed by atoms with E-state index >= 15 is 0 Å². The Balaban J connectivity index is 1.61. The van der Waals surface area contributed by atoms with E-state index in [2.05, 4.69) is 0 Å². The zero-order valence-corrected chi connectivity index (χ0v) is 13.8. The standard InChI is InChI=1S/C12H22O3P.Sb/c13-16(14,15,11-7-3-1-4-8-11)12-9-5-2-6-10-12;/h11-12H,1-10H2;/q-3;+3. The molecule has 17 heavy (non-hydrogen) atoms. The second kappa shape index (κ2) is 4.06. The van der Waals surface area contributed by atoms with Gasteiger partial charge in [-0.15, -0.1) is 0 Å². The maximum atomic E-state index is 6.35. The average molecular weight is 367 g/mol. The van der Waals surface area contributed by atoms with Gasteiger partial charge in [0.05, 0.1) is 0 Å². The van der Waals surface area contributed by atoms with Crippen LogP contribution in [0.2, 0.25) is 0 Å². The molecule has 2 aliphatic carbocycles. The molecule has 3 saturated heterocycles. The Morgan fingerprint density at radius 3 is 1.35 bits per heavy atom. The Labute approximate surface area is 112 Å². The summed E-state index contributed by atoms with van der Waals surface area (Å²) in [5.74, 6) is 0. The van der Waals surface area contributed by atoms with Crippen molar-refractivity contribution in [2.75, 3.05) is 0 Å². The fourth-order valence-electron chi connectivity index (χ4n) is 4.20. The second-order valence-electron chi connectivity index (χ2n) is 6.06. The molecule has 3 aliphatic heterocycles. The van der Waals surface area contributed by atoms with Crippen LogP contribution in [0.1, 0.15) is 64.2 Å². The van der Waals surface area contributed by atoms with E-state index in [0.29, 0.717) is 11.3 Å². The molecule has 5 rings (SSSR count). The van der Waals surface area contributed by atoms with Crippen LogP contribution in [0.25, 0.3) is 0 Å². The van der Waals surface area contributed by atoms with Gasteiger partial charge in [-0.3, -0.25) is 0 Å². The van der Waals surface area contributed by atoms with E-state index in [-0.39, 0.29) is 0 Å². The average Bonchev–Trinajstić information content (AvgIpc) is 2.29. The van der Waals surface area contributed by atoms with Crippen molar-refractivity contribution in [1.82, 2.24) is 0 Å². The third kappa shape index (κ3) is 1.50. The summed E-state index contributed by atoms with van der Waals surface area (Å²) in [5, 5.41) is 0. The first kappa shape index (κ1) is 11.9. The van der Waals surface area contributed by atoms with Gasteiger partial charge in [-0.1, -0.05) is 0 Å². The number of hydrogen-bond donors (Lipinski definition) is 0. The molecule has 2 bridgehead atoms. The van der Waals surface area contributed by atoms with Crippen LogP contribution in [-0.4, -0.2) is 32.8 Å². The van der Waals surface area contributed by atoms with Crippen molar-refractivity contribution < 1.29 is 8.41 Å². The molecule has 0 N–H and O–H groups in total. The summed E-state index contributed by atoms with van der Waals surface area (Å²) in [6.45, 7) is 0. The van der Waals surface area contributed by atoms with Crippen LogP contribution in [0.5, 0.6) is 0 Å². The Morgan fingerprint density at radius 1 is 0.647 bits per heavy atom. The summed E-state index contributed by atoms with van der Waals surface area (Å²) in [4.78, 5) is 0. The van der Waals surface area contributed by atoms with E-state index < -0.39 is 28.8 Å². The zero-order valence-electron chi connectivity index (χ0n) is 10.3. The minimum atomic E-state index is -2.50. The molecule has 0 aromatic rings. The molecule has 0 unspecified atom stereocenters. The van der Waals surface area contributed by atoms with E-state index in [0.717, 1.165) is 0 Å². The molecule has 0 amide bonds. The molecule has 98 valence electrons. The number of rotatable bonds is 2. The molecule has 0 aromatic heterocycles. The van der Waals surface area contributed by atoms with Gasteiger partial charge in [0.2, 0.25) is 0 Å². The molecule has 0 spiro atoms. The summed E-state index contributed by atoms with van der Waals surface area (Å²) >= 11 is -1.95. The van der Waals surface area contributed by atoms with Gasteiger partial charge in [0.15, 0.2) is 0 Å². The Kier molecular flexibility index (Phi) is 2.85. The molecule has 5 fully saturated rings. The first-order valence-corrected chi connectivity index (χ1v) is 12.5. The van der Waals surface area contributed by atoms with Crippen LogP contribution < -0.4 is 0 Å². The van der Waals surface area contributed by atoms with E-state index in [1.165, 1.54) is 64.2 Å².